The van der Waals surface area contributed by atoms with Gasteiger partial charge < -0.3 is 0 Å². The Balaban J connectivity index is 2.26. The van der Waals surface area contributed by atoms with E-state index in [0.717, 1.165) is 12.8 Å². The molecule has 0 saturated heterocycles. The predicted octanol–water partition coefficient (Wildman–Crippen LogP) is 1.38. The van der Waals surface area contributed by atoms with Crippen molar-refractivity contribution in [1.29, 1.82) is 0 Å². The summed E-state index contributed by atoms with van der Waals surface area (Å²) in [5.74, 6) is 2.95. The molecule has 1 aliphatic carbocycles. The van der Waals surface area contributed by atoms with Crippen LogP contribution in [-0.4, -0.2) is 5.78 Å². The summed E-state index contributed by atoms with van der Waals surface area (Å²) in [6.45, 7) is 0. The van der Waals surface area contributed by atoms with Gasteiger partial charge in [-0.05, 0) is 12.8 Å². The molecule has 0 N–H and O–H groups in total. The number of carbonyl (C=O) groups excluding carboxylic acids is 1. The van der Waals surface area contributed by atoms with Crippen LogP contribution in [0.2, 0.25) is 0 Å². The highest BCUT2D eigenvalue weighted by atomic mass is 16.1. The highest BCUT2D eigenvalue weighted by Crippen LogP contribution is 2.27. The molecule has 9 heavy (non-hydrogen) atoms. The molecule has 0 aromatic rings. The van der Waals surface area contributed by atoms with Crippen LogP contribution >= 0.6 is 0 Å². The van der Waals surface area contributed by atoms with E-state index in [-0.39, 0.29) is 5.78 Å². The minimum absolute atomic E-state index is 0.267. The minimum atomic E-state index is 0.267. The quantitative estimate of drug-likeness (QED) is 0.506. The third-order valence-electron chi connectivity index (χ3n) is 1.84. The summed E-state index contributed by atoms with van der Waals surface area (Å²) in [5, 5.41) is 0. The Kier molecular flexibility index (Phi) is 1.89. The average molecular weight is 122 g/mol. The molecule has 1 rings (SSSR count). The second-order valence-electron chi connectivity index (χ2n) is 2.48. The Labute approximate surface area is 55.4 Å². The zero-order chi connectivity index (χ0) is 6.69. The highest BCUT2D eigenvalue weighted by Gasteiger charge is 2.23. The first-order valence-corrected chi connectivity index (χ1v) is 3.31. The van der Waals surface area contributed by atoms with Crippen LogP contribution in [0.5, 0.6) is 0 Å². The molecule has 1 nitrogen and oxygen atoms in total. The first-order valence-electron chi connectivity index (χ1n) is 3.31. The lowest BCUT2D eigenvalue weighted by Crippen LogP contribution is -2.20. The zero-order valence-corrected chi connectivity index (χ0v) is 5.39. The Morgan fingerprint density at radius 1 is 1.67 bits per heavy atom. The fourth-order valence-corrected chi connectivity index (χ4v) is 0.975. The molecule has 0 aliphatic heterocycles. The van der Waals surface area contributed by atoms with Crippen molar-refractivity contribution in [2.24, 2.45) is 5.92 Å². The van der Waals surface area contributed by atoms with Gasteiger partial charge in [0.1, 0.15) is 5.78 Å². The second-order valence-corrected chi connectivity index (χ2v) is 2.48. The minimum Gasteiger partial charge on any atom is -0.298 e. The number of Topliss-reactive ketones (excluding diaryl/α,β-unsaturated/α-hetero) is 1. The third-order valence-corrected chi connectivity index (χ3v) is 1.84. The van der Waals surface area contributed by atoms with Gasteiger partial charge in [-0.25, -0.2) is 0 Å². The molecule has 1 fully saturated rings. The van der Waals surface area contributed by atoms with Crippen molar-refractivity contribution in [2.45, 2.75) is 25.7 Å². The van der Waals surface area contributed by atoms with E-state index in [0.29, 0.717) is 12.3 Å². The Morgan fingerprint density at radius 2 is 2.33 bits per heavy atom. The van der Waals surface area contributed by atoms with Gasteiger partial charge in [0.05, 0.1) is 6.42 Å². The average Bonchev–Trinajstić information content (AvgIpc) is 1.60. The second kappa shape index (κ2) is 2.68. The first kappa shape index (κ1) is 6.35. The normalized spacial score (nSPS) is 18.1. The molecule has 0 radical (unpaired) electrons. The molecular formula is C8H10O. The summed E-state index contributed by atoms with van der Waals surface area (Å²) in [6.07, 6.45) is 8.66. The summed E-state index contributed by atoms with van der Waals surface area (Å²) in [6, 6.07) is 0. The molecule has 1 aliphatic rings. The van der Waals surface area contributed by atoms with E-state index in [9.17, 15) is 4.79 Å². The number of hydrogen-bond donors (Lipinski definition) is 0. The molecule has 0 atom stereocenters. The molecule has 0 aromatic heterocycles. The van der Waals surface area contributed by atoms with Crippen LogP contribution in [0.3, 0.4) is 0 Å². The number of ketones is 1. The van der Waals surface area contributed by atoms with Gasteiger partial charge in [0.25, 0.3) is 0 Å². The van der Waals surface area contributed by atoms with Crippen LogP contribution in [0.25, 0.3) is 0 Å². The summed E-state index contributed by atoms with van der Waals surface area (Å²) < 4.78 is 0. The third kappa shape index (κ3) is 1.32. The van der Waals surface area contributed by atoms with Crippen molar-refractivity contribution in [3.05, 3.63) is 0 Å². The molecule has 48 valence electrons. The van der Waals surface area contributed by atoms with Crippen molar-refractivity contribution in [3.8, 4) is 12.3 Å². The van der Waals surface area contributed by atoms with Gasteiger partial charge in [-0.2, -0.15) is 0 Å². The van der Waals surface area contributed by atoms with Gasteiger partial charge in [0.15, 0.2) is 0 Å². The van der Waals surface area contributed by atoms with Gasteiger partial charge in [-0.3, -0.25) is 4.79 Å². The van der Waals surface area contributed by atoms with Gasteiger partial charge in [-0.1, -0.05) is 12.3 Å². The Bertz CT molecular complexity index is 148. The maximum Gasteiger partial charge on any atom is 0.147 e. The van der Waals surface area contributed by atoms with Gasteiger partial charge in [0, 0.05) is 5.92 Å². The smallest absolute Gasteiger partial charge is 0.147 e. The summed E-state index contributed by atoms with van der Waals surface area (Å²) in [5.41, 5.74) is 0. The molecule has 0 unspecified atom stereocenters. The summed E-state index contributed by atoms with van der Waals surface area (Å²) >= 11 is 0. The summed E-state index contributed by atoms with van der Waals surface area (Å²) in [7, 11) is 0. The lowest BCUT2D eigenvalue weighted by Gasteiger charge is -2.22. The molecule has 1 heteroatoms. The molecule has 1 saturated carbocycles. The van der Waals surface area contributed by atoms with E-state index in [1.807, 2.05) is 0 Å². The standard InChI is InChI=1S/C8H10O/c1-2-4-8(9)7-5-3-6-7/h1,7H,3-6H2. The molecule has 0 aromatic carbocycles. The van der Waals surface area contributed by atoms with Crippen molar-refractivity contribution >= 4 is 5.78 Å². The van der Waals surface area contributed by atoms with E-state index in [1.165, 1.54) is 6.42 Å². The Hall–Kier alpha value is -0.770. The van der Waals surface area contributed by atoms with Crippen molar-refractivity contribution in [3.63, 3.8) is 0 Å². The topological polar surface area (TPSA) is 17.1 Å². The van der Waals surface area contributed by atoms with E-state index in [4.69, 9.17) is 6.42 Å². The molecule has 0 amide bonds. The van der Waals surface area contributed by atoms with Crippen LogP contribution in [0.1, 0.15) is 25.7 Å². The maximum atomic E-state index is 10.9. The van der Waals surface area contributed by atoms with Gasteiger partial charge in [-0.15, -0.1) is 6.42 Å². The molecular weight excluding hydrogens is 112 g/mol. The van der Waals surface area contributed by atoms with Crippen LogP contribution in [0.4, 0.5) is 0 Å². The molecule has 0 spiro atoms. The van der Waals surface area contributed by atoms with Crippen molar-refractivity contribution < 1.29 is 4.79 Å². The van der Waals surface area contributed by atoms with Crippen molar-refractivity contribution in [1.82, 2.24) is 0 Å². The zero-order valence-electron chi connectivity index (χ0n) is 5.39. The predicted molar refractivity (Wildman–Crippen MR) is 35.8 cm³/mol. The van der Waals surface area contributed by atoms with Crippen LogP contribution < -0.4 is 0 Å². The van der Waals surface area contributed by atoms with E-state index in [2.05, 4.69) is 5.92 Å². The SMILES string of the molecule is C#CCC(=O)C1CCC1. The van der Waals surface area contributed by atoms with Crippen LogP contribution in [0, 0.1) is 18.3 Å². The molecule has 0 heterocycles. The number of rotatable bonds is 2. The van der Waals surface area contributed by atoms with Crippen LogP contribution in [0.15, 0.2) is 0 Å². The largest absolute Gasteiger partial charge is 0.298 e. The highest BCUT2D eigenvalue weighted by molar-refractivity contribution is 5.83. The number of hydrogen-bond acceptors (Lipinski definition) is 1. The lowest BCUT2D eigenvalue weighted by molar-refractivity contribution is -0.124. The number of carbonyl (C=O) groups is 1. The number of terminal acetylenes is 1. The van der Waals surface area contributed by atoms with E-state index >= 15 is 0 Å². The van der Waals surface area contributed by atoms with Crippen LogP contribution in [-0.2, 0) is 4.79 Å². The maximum absolute atomic E-state index is 10.9. The lowest BCUT2D eigenvalue weighted by atomic mass is 9.81. The van der Waals surface area contributed by atoms with E-state index < -0.39 is 0 Å². The summed E-state index contributed by atoms with van der Waals surface area (Å²) in [4.78, 5) is 10.9. The van der Waals surface area contributed by atoms with Gasteiger partial charge in [0.2, 0.25) is 0 Å². The van der Waals surface area contributed by atoms with Crippen molar-refractivity contribution in [2.75, 3.05) is 0 Å². The van der Waals surface area contributed by atoms with Gasteiger partial charge >= 0.3 is 0 Å². The fraction of sp³-hybridized carbons (Fsp3) is 0.625. The first-order chi connectivity index (χ1) is 4.34. The Morgan fingerprint density at radius 3 is 2.67 bits per heavy atom. The monoisotopic (exact) mass is 122 g/mol. The fourth-order valence-electron chi connectivity index (χ4n) is 0.975. The van der Waals surface area contributed by atoms with E-state index in [1.54, 1.807) is 0 Å². The molecule has 0 bridgehead atoms.